The van der Waals surface area contributed by atoms with Crippen LogP contribution in [0.3, 0.4) is 0 Å². The van der Waals surface area contributed by atoms with Gasteiger partial charge in [-0.05, 0) is 56.1 Å². The maximum absolute atomic E-state index is 13.8. The van der Waals surface area contributed by atoms with Crippen LogP contribution in [0.4, 0.5) is 9.39 Å². The summed E-state index contributed by atoms with van der Waals surface area (Å²) in [7, 11) is 3.74. The van der Waals surface area contributed by atoms with E-state index in [0.29, 0.717) is 22.0 Å². The molecule has 0 aliphatic rings. The van der Waals surface area contributed by atoms with Gasteiger partial charge in [0.2, 0.25) is 0 Å². The Labute approximate surface area is 166 Å². The second-order valence-corrected chi connectivity index (χ2v) is 7.53. The van der Waals surface area contributed by atoms with Crippen LogP contribution in [0, 0.1) is 5.82 Å². The Balaban J connectivity index is 1.58. The van der Waals surface area contributed by atoms with Crippen molar-refractivity contribution in [2.24, 2.45) is 0 Å². The van der Waals surface area contributed by atoms with Gasteiger partial charge < -0.3 is 20.0 Å². The van der Waals surface area contributed by atoms with Crippen LogP contribution in [0.15, 0.2) is 53.1 Å². The molecular formula is C20H20FN3O3S. The molecule has 2 heterocycles. The highest BCUT2D eigenvalue weighted by atomic mass is 32.1. The molecule has 0 saturated heterocycles. The fourth-order valence-corrected chi connectivity index (χ4v) is 3.40. The van der Waals surface area contributed by atoms with E-state index in [1.165, 1.54) is 12.3 Å². The van der Waals surface area contributed by atoms with Crippen LogP contribution in [0.1, 0.15) is 31.4 Å². The number of carbonyl (C=O) groups excluding carboxylic acids is 2. The van der Waals surface area contributed by atoms with Gasteiger partial charge in [0.25, 0.3) is 11.8 Å². The van der Waals surface area contributed by atoms with Crippen LogP contribution in [0.2, 0.25) is 0 Å². The van der Waals surface area contributed by atoms with Crippen molar-refractivity contribution < 1.29 is 18.4 Å². The molecule has 0 atom stereocenters. The number of anilines is 1. The molecule has 2 N–H and O–H groups in total. The number of hydrogen-bond acceptors (Lipinski definition) is 5. The van der Waals surface area contributed by atoms with Crippen LogP contribution in [-0.4, -0.2) is 30.8 Å². The number of thiophene rings is 1. The molecule has 6 nitrogen and oxygen atoms in total. The van der Waals surface area contributed by atoms with Crippen molar-refractivity contribution in [3.05, 3.63) is 76.3 Å². The standard InChI is InChI=1S/C20H20FN3O3S/c1-24(2)12-14-10-13(5-6-15(14)21)11-22-20(26)17-7-8-18(28-17)23-19(25)16-4-3-9-27-16/h3-10H,11-12H2,1-2H3,(H,22,26)(H,23,25). The van der Waals surface area contributed by atoms with Gasteiger partial charge >= 0.3 is 0 Å². The highest BCUT2D eigenvalue weighted by molar-refractivity contribution is 7.18. The summed E-state index contributed by atoms with van der Waals surface area (Å²) in [6.07, 6.45) is 1.42. The smallest absolute Gasteiger partial charge is 0.291 e. The number of furan rings is 1. The molecule has 0 radical (unpaired) electrons. The Morgan fingerprint density at radius 1 is 1.14 bits per heavy atom. The number of nitrogens with zero attached hydrogens (tertiary/aromatic N) is 1. The number of hydrogen-bond donors (Lipinski definition) is 2. The highest BCUT2D eigenvalue weighted by Gasteiger charge is 2.13. The van der Waals surface area contributed by atoms with Crippen molar-refractivity contribution in [2.45, 2.75) is 13.1 Å². The normalized spacial score (nSPS) is 10.9. The van der Waals surface area contributed by atoms with Crippen molar-refractivity contribution in [1.29, 1.82) is 0 Å². The third-order valence-electron chi connectivity index (χ3n) is 3.86. The monoisotopic (exact) mass is 401 g/mol. The predicted octanol–water partition coefficient (Wildman–Crippen LogP) is 3.72. The first-order valence-electron chi connectivity index (χ1n) is 8.57. The Morgan fingerprint density at radius 3 is 2.68 bits per heavy atom. The Bertz CT molecular complexity index is 967. The van der Waals surface area contributed by atoms with E-state index in [1.54, 1.807) is 36.4 Å². The summed E-state index contributed by atoms with van der Waals surface area (Å²) in [4.78, 5) is 26.7. The molecule has 3 rings (SSSR count). The van der Waals surface area contributed by atoms with Gasteiger partial charge in [-0.2, -0.15) is 0 Å². The molecule has 0 saturated carbocycles. The summed E-state index contributed by atoms with van der Waals surface area (Å²) in [5, 5.41) is 6.04. The maximum Gasteiger partial charge on any atom is 0.291 e. The van der Waals surface area contributed by atoms with Crippen LogP contribution in [-0.2, 0) is 13.1 Å². The zero-order valence-corrected chi connectivity index (χ0v) is 16.3. The van der Waals surface area contributed by atoms with Gasteiger partial charge in [0.05, 0.1) is 16.1 Å². The largest absolute Gasteiger partial charge is 0.459 e. The van der Waals surface area contributed by atoms with Crippen molar-refractivity contribution in [1.82, 2.24) is 10.2 Å². The van der Waals surface area contributed by atoms with Crippen LogP contribution < -0.4 is 10.6 Å². The second kappa shape index (κ2) is 8.81. The van der Waals surface area contributed by atoms with Gasteiger partial charge in [-0.25, -0.2) is 4.39 Å². The van der Waals surface area contributed by atoms with E-state index in [2.05, 4.69) is 10.6 Å². The molecule has 0 aliphatic carbocycles. The van der Waals surface area contributed by atoms with E-state index < -0.39 is 0 Å². The summed E-state index contributed by atoms with van der Waals surface area (Å²) < 4.78 is 18.9. The molecule has 0 unspecified atom stereocenters. The van der Waals surface area contributed by atoms with Gasteiger partial charge in [0.1, 0.15) is 5.82 Å². The molecule has 28 heavy (non-hydrogen) atoms. The molecule has 0 bridgehead atoms. The number of nitrogens with one attached hydrogen (secondary N) is 2. The molecule has 0 aliphatic heterocycles. The average Bonchev–Trinajstić information content (AvgIpc) is 3.33. The second-order valence-electron chi connectivity index (χ2n) is 6.44. The minimum Gasteiger partial charge on any atom is -0.459 e. The zero-order valence-electron chi connectivity index (χ0n) is 15.5. The van der Waals surface area contributed by atoms with Gasteiger partial charge in [-0.3, -0.25) is 9.59 Å². The number of halogens is 1. The van der Waals surface area contributed by atoms with E-state index in [-0.39, 0.29) is 29.9 Å². The molecule has 2 aromatic heterocycles. The fourth-order valence-electron chi connectivity index (χ4n) is 2.58. The first kappa shape index (κ1) is 19.8. The number of carbonyl (C=O) groups is 2. The number of rotatable bonds is 7. The first-order valence-corrected chi connectivity index (χ1v) is 9.39. The van der Waals surface area contributed by atoms with Gasteiger partial charge in [-0.15, -0.1) is 11.3 Å². The topological polar surface area (TPSA) is 74.6 Å². The minimum absolute atomic E-state index is 0.198. The van der Waals surface area contributed by atoms with Crippen molar-refractivity contribution >= 4 is 28.2 Å². The average molecular weight is 401 g/mol. The molecule has 146 valence electrons. The van der Waals surface area contributed by atoms with E-state index in [0.717, 1.165) is 16.9 Å². The van der Waals surface area contributed by atoms with E-state index in [9.17, 15) is 14.0 Å². The number of amides is 2. The molecule has 0 spiro atoms. The lowest BCUT2D eigenvalue weighted by Gasteiger charge is -2.12. The summed E-state index contributed by atoms with van der Waals surface area (Å²) in [5.41, 5.74) is 1.39. The van der Waals surface area contributed by atoms with E-state index in [1.807, 2.05) is 19.0 Å². The van der Waals surface area contributed by atoms with Gasteiger partial charge in [0, 0.05) is 18.7 Å². The van der Waals surface area contributed by atoms with Gasteiger partial charge in [-0.1, -0.05) is 6.07 Å². The third-order valence-corrected chi connectivity index (χ3v) is 4.86. The predicted molar refractivity (Wildman–Crippen MR) is 106 cm³/mol. The molecule has 1 aromatic carbocycles. The van der Waals surface area contributed by atoms with Crippen molar-refractivity contribution in [3.63, 3.8) is 0 Å². The summed E-state index contributed by atoms with van der Waals surface area (Å²) in [5.74, 6) is -0.705. The molecule has 2 amide bonds. The van der Waals surface area contributed by atoms with Crippen LogP contribution in [0.25, 0.3) is 0 Å². The summed E-state index contributed by atoms with van der Waals surface area (Å²) in [6, 6.07) is 11.3. The van der Waals surface area contributed by atoms with Crippen LogP contribution >= 0.6 is 11.3 Å². The quantitative estimate of drug-likeness (QED) is 0.633. The molecule has 8 heteroatoms. The third kappa shape index (κ3) is 5.05. The lowest BCUT2D eigenvalue weighted by atomic mass is 10.1. The zero-order chi connectivity index (χ0) is 20.1. The fraction of sp³-hybridized carbons (Fsp3) is 0.200. The Kier molecular flexibility index (Phi) is 6.23. The summed E-state index contributed by atoms with van der Waals surface area (Å²) >= 11 is 1.16. The lowest BCUT2D eigenvalue weighted by molar-refractivity contribution is 0.0953. The first-order chi connectivity index (χ1) is 13.4. The summed E-state index contributed by atoms with van der Waals surface area (Å²) in [6.45, 7) is 0.767. The van der Waals surface area contributed by atoms with E-state index in [4.69, 9.17) is 4.42 Å². The molecule has 0 fully saturated rings. The van der Waals surface area contributed by atoms with Crippen molar-refractivity contribution in [2.75, 3.05) is 19.4 Å². The van der Waals surface area contributed by atoms with Crippen LogP contribution in [0.5, 0.6) is 0 Å². The molecular weight excluding hydrogens is 381 g/mol. The Hall–Kier alpha value is -2.97. The van der Waals surface area contributed by atoms with Crippen molar-refractivity contribution in [3.8, 4) is 0 Å². The highest BCUT2D eigenvalue weighted by Crippen LogP contribution is 2.23. The maximum atomic E-state index is 13.8. The van der Waals surface area contributed by atoms with Gasteiger partial charge in [0.15, 0.2) is 5.76 Å². The molecule has 3 aromatic rings. The lowest BCUT2D eigenvalue weighted by Crippen LogP contribution is -2.22. The van der Waals surface area contributed by atoms with E-state index >= 15 is 0 Å². The SMILES string of the molecule is CN(C)Cc1cc(CNC(=O)c2ccc(NC(=O)c3ccco3)s2)ccc1F. The number of benzene rings is 1. The Morgan fingerprint density at radius 2 is 1.96 bits per heavy atom. The minimum atomic E-state index is -0.376.